The molecule has 1 fully saturated rings. The van der Waals surface area contributed by atoms with Crippen molar-refractivity contribution in [2.24, 2.45) is 10.7 Å². The lowest BCUT2D eigenvalue weighted by Gasteiger charge is -2.36. The van der Waals surface area contributed by atoms with Gasteiger partial charge in [-0.05, 0) is 68.3 Å². The van der Waals surface area contributed by atoms with Crippen LogP contribution >= 0.6 is 0 Å². The Balaban J connectivity index is 1.31. The molecule has 3 N–H and O–H groups in total. The van der Waals surface area contributed by atoms with E-state index in [9.17, 15) is 0 Å². The molecule has 2 aromatic carbocycles. The van der Waals surface area contributed by atoms with Gasteiger partial charge in [0.25, 0.3) is 0 Å². The third-order valence-electron chi connectivity index (χ3n) is 5.27. The SMILES string of the molecule is COc1ccc(NC(N)=NCCCCN2CCN(c3cccc(C)c3)CC2)cc1. The highest BCUT2D eigenvalue weighted by Gasteiger charge is 2.16. The highest BCUT2D eigenvalue weighted by molar-refractivity contribution is 5.92. The van der Waals surface area contributed by atoms with Crippen molar-refractivity contribution in [3.05, 3.63) is 54.1 Å². The monoisotopic (exact) mass is 395 g/mol. The molecule has 0 unspecified atom stereocenters. The van der Waals surface area contributed by atoms with Gasteiger partial charge in [0.1, 0.15) is 5.75 Å². The largest absolute Gasteiger partial charge is 0.497 e. The number of nitrogens with two attached hydrogens (primary N) is 1. The summed E-state index contributed by atoms with van der Waals surface area (Å²) in [6.07, 6.45) is 2.19. The van der Waals surface area contributed by atoms with Gasteiger partial charge in [0.05, 0.1) is 7.11 Å². The van der Waals surface area contributed by atoms with Gasteiger partial charge >= 0.3 is 0 Å². The van der Waals surface area contributed by atoms with Crippen LogP contribution in [0.3, 0.4) is 0 Å². The van der Waals surface area contributed by atoms with E-state index in [0.717, 1.165) is 63.5 Å². The van der Waals surface area contributed by atoms with E-state index in [1.165, 1.54) is 11.3 Å². The summed E-state index contributed by atoms with van der Waals surface area (Å²) in [5.41, 5.74) is 9.56. The molecule has 0 aliphatic carbocycles. The number of anilines is 2. The predicted octanol–water partition coefficient (Wildman–Crippen LogP) is 3.33. The second-order valence-electron chi connectivity index (χ2n) is 7.50. The number of aryl methyl sites for hydroxylation is 1. The van der Waals surface area contributed by atoms with Crippen LogP contribution in [0.5, 0.6) is 5.75 Å². The molecule has 0 atom stereocenters. The van der Waals surface area contributed by atoms with Crippen molar-refractivity contribution in [1.82, 2.24) is 4.90 Å². The summed E-state index contributed by atoms with van der Waals surface area (Å²) >= 11 is 0. The van der Waals surface area contributed by atoms with E-state index < -0.39 is 0 Å². The third-order valence-corrected chi connectivity index (χ3v) is 5.27. The van der Waals surface area contributed by atoms with Gasteiger partial charge in [-0.2, -0.15) is 0 Å². The fraction of sp³-hybridized carbons (Fsp3) is 0.435. The maximum atomic E-state index is 5.97. The Hall–Kier alpha value is -2.73. The van der Waals surface area contributed by atoms with Gasteiger partial charge < -0.3 is 20.7 Å². The van der Waals surface area contributed by atoms with E-state index in [-0.39, 0.29) is 0 Å². The quantitative estimate of drug-likeness (QED) is 0.408. The lowest BCUT2D eigenvalue weighted by Crippen LogP contribution is -2.46. The number of guanidine groups is 1. The second kappa shape index (κ2) is 10.7. The number of unbranched alkanes of at least 4 members (excludes halogenated alkanes) is 1. The van der Waals surface area contributed by atoms with Crippen LogP contribution in [0, 0.1) is 6.92 Å². The summed E-state index contributed by atoms with van der Waals surface area (Å²) in [6.45, 7) is 8.47. The first-order valence-electron chi connectivity index (χ1n) is 10.4. The lowest BCUT2D eigenvalue weighted by atomic mass is 10.2. The number of rotatable bonds is 8. The number of hydrogen-bond donors (Lipinski definition) is 2. The minimum atomic E-state index is 0.460. The van der Waals surface area contributed by atoms with E-state index >= 15 is 0 Å². The zero-order chi connectivity index (χ0) is 20.5. The van der Waals surface area contributed by atoms with Crippen LogP contribution in [0.25, 0.3) is 0 Å². The van der Waals surface area contributed by atoms with Crippen molar-refractivity contribution in [3.63, 3.8) is 0 Å². The van der Waals surface area contributed by atoms with Gasteiger partial charge in [-0.25, -0.2) is 0 Å². The van der Waals surface area contributed by atoms with E-state index in [1.54, 1.807) is 7.11 Å². The molecule has 1 saturated heterocycles. The Labute approximate surface area is 174 Å². The topological polar surface area (TPSA) is 66.1 Å². The van der Waals surface area contributed by atoms with Crippen LogP contribution in [0.2, 0.25) is 0 Å². The van der Waals surface area contributed by atoms with Crippen LogP contribution in [-0.4, -0.2) is 57.2 Å². The molecule has 2 aromatic rings. The normalized spacial score (nSPS) is 15.4. The fourth-order valence-corrected chi connectivity index (χ4v) is 3.56. The summed E-state index contributed by atoms with van der Waals surface area (Å²) in [6, 6.07) is 16.4. The van der Waals surface area contributed by atoms with Gasteiger partial charge in [0, 0.05) is 44.1 Å². The van der Waals surface area contributed by atoms with Crippen LogP contribution in [-0.2, 0) is 0 Å². The number of aliphatic imine (C=N–C) groups is 1. The molecule has 1 aliphatic heterocycles. The van der Waals surface area contributed by atoms with Gasteiger partial charge in [0.15, 0.2) is 5.96 Å². The summed E-state index contributed by atoms with van der Waals surface area (Å²) in [5.74, 6) is 1.28. The van der Waals surface area contributed by atoms with E-state index in [4.69, 9.17) is 10.5 Å². The number of methoxy groups -OCH3 is 1. The van der Waals surface area contributed by atoms with Crippen molar-refractivity contribution in [2.75, 3.05) is 56.6 Å². The number of benzene rings is 2. The molecule has 156 valence electrons. The van der Waals surface area contributed by atoms with Crippen molar-refractivity contribution in [1.29, 1.82) is 0 Å². The molecular formula is C23H33N5O. The summed E-state index contributed by atoms with van der Waals surface area (Å²) < 4.78 is 5.15. The maximum Gasteiger partial charge on any atom is 0.193 e. The Kier molecular flexibility index (Phi) is 7.76. The number of nitrogens with one attached hydrogen (secondary N) is 1. The summed E-state index contributed by atoms with van der Waals surface area (Å²) in [5, 5.41) is 3.11. The molecule has 0 radical (unpaired) electrons. The zero-order valence-electron chi connectivity index (χ0n) is 17.6. The summed E-state index contributed by atoms with van der Waals surface area (Å²) in [7, 11) is 1.66. The number of piperazine rings is 1. The Bertz CT molecular complexity index is 782. The van der Waals surface area contributed by atoms with Crippen molar-refractivity contribution < 1.29 is 4.74 Å². The van der Waals surface area contributed by atoms with Crippen molar-refractivity contribution in [2.45, 2.75) is 19.8 Å². The minimum Gasteiger partial charge on any atom is -0.497 e. The molecule has 6 nitrogen and oxygen atoms in total. The molecule has 0 spiro atoms. The van der Waals surface area contributed by atoms with Gasteiger partial charge in [-0.3, -0.25) is 9.89 Å². The van der Waals surface area contributed by atoms with E-state index in [0.29, 0.717) is 5.96 Å². The van der Waals surface area contributed by atoms with Crippen LogP contribution in [0.4, 0.5) is 11.4 Å². The molecule has 0 aromatic heterocycles. The second-order valence-corrected chi connectivity index (χ2v) is 7.50. The smallest absolute Gasteiger partial charge is 0.193 e. The Morgan fingerprint density at radius 3 is 2.52 bits per heavy atom. The third kappa shape index (κ3) is 6.68. The molecule has 29 heavy (non-hydrogen) atoms. The first-order valence-corrected chi connectivity index (χ1v) is 10.4. The highest BCUT2D eigenvalue weighted by Crippen LogP contribution is 2.18. The van der Waals surface area contributed by atoms with Gasteiger partial charge in [-0.1, -0.05) is 12.1 Å². The number of nitrogens with zero attached hydrogens (tertiary/aromatic N) is 3. The number of ether oxygens (including phenoxy) is 1. The fourth-order valence-electron chi connectivity index (χ4n) is 3.56. The average Bonchev–Trinajstić information content (AvgIpc) is 2.74. The molecule has 0 bridgehead atoms. The lowest BCUT2D eigenvalue weighted by molar-refractivity contribution is 0.253. The Morgan fingerprint density at radius 2 is 1.83 bits per heavy atom. The van der Waals surface area contributed by atoms with Crippen LogP contribution in [0.15, 0.2) is 53.5 Å². The number of hydrogen-bond acceptors (Lipinski definition) is 4. The first-order chi connectivity index (χ1) is 14.1. The highest BCUT2D eigenvalue weighted by atomic mass is 16.5. The molecule has 1 heterocycles. The zero-order valence-corrected chi connectivity index (χ0v) is 17.6. The van der Waals surface area contributed by atoms with E-state index in [2.05, 4.69) is 51.3 Å². The molecular weight excluding hydrogens is 362 g/mol. The van der Waals surface area contributed by atoms with Gasteiger partial charge in [-0.15, -0.1) is 0 Å². The standard InChI is InChI=1S/C23H33N5O/c1-19-6-5-7-21(18-19)28-16-14-27(15-17-28)13-4-3-12-25-23(24)26-20-8-10-22(29-2)11-9-20/h5-11,18H,3-4,12-17H2,1-2H3,(H3,24,25,26). The van der Waals surface area contributed by atoms with Crippen molar-refractivity contribution in [3.8, 4) is 5.75 Å². The van der Waals surface area contributed by atoms with Gasteiger partial charge in [0.2, 0.25) is 0 Å². The minimum absolute atomic E-state index is 0.460. The molecule has 6 heteroatoms. The summed E-state index contributed by atoms with van der Waals surface area (Å²) in [4.78, 5) is 9.47. The molecule has 0 amide bonds. The van der Waals surface area contributed by atoms with Crippen LogP contribution < -0.4 is 20.7 Å². The average molecular weight is 396 g/mol. The Morgan fingerprint density at radius 1 is 1.07 bits per heavy atom. The van der Waals surface area contributed by atoms with Crippen molar-refractivity contribution >= 4 is 17.3 Å². The molecule has 3 rings (SSSR count). The van der Waals surface area contributed by atoms with Crippen LogP contribution in [0.1, 0.15) is 18.4 Å². The van der Waals surface area contributed by atoms with E-state index in [1.807, 2.05) is 24.3 Å². The maximum absolute atomic E-state index is 5.97. The molecule has 0 saturated carbocycles. The molecule has 1 aliphatic rings. The first kappa shape index (κ1) is 21.0. The predicted molar refractivity (Wildman–Crippen MR) is 122 cm³/mol.